The Bertz CT molecular complexity index is 758. The lowest BCUT2D eigenvalue weighted by molar-refractivity contribution is 0.181. The van der Waals surface area contributed by atoms with Gasteiger partial charge in [0.2, 0.25) is 0 Å². The number of hydrogen-bond acceptors (Lipinski definition) is 3. The molecule has 2 aromatic rings. The van der Waals surface area contributed by atoms with E-state index in [4.69, 9.17) is 9.47 Å². The average molecular weight is 505 g/mol. The highest BCUT2D eigenvalue weighted by Gasteiger charge is 2.07. The van der Waals surface area contributed by atoms with Gasteiger partial charge in [-0.2, -0.15) is 0 Å². The fraction of sp³-hybridized carbons (Fsp3) is 0.350. The summed E-state index contributed by atoms with van der Waals surface area (Å²) in [6.07, 6.45) is -0.145. The molecule has 154 valence electrons. The van der Waals surface area contributed by atoms with Crippen LogP contribution in [0.4, 0.5) is 8.78 Å². The van der Waals surface area contributed by atoms with E-state index in [1.165, 1.54) is 25.3 Å². The SMILES string of the molecule is CN=C(NCc1ccc(F)c(COC)c1)NCC(C)Oc1ccc(F)cc1.I. The zero-order valence-corrected chi connectivity index (χ0v) is 18.5. The molecule has 0 radical (unpaired) electrons. The highest BCUT2D eigenvalue weighted by Crippen LogP contribution is 2.13. The zero-order chi connectivity index (χ0) is 19.6. The highest BCUT2D eigenvalue weighted by molar-refractivity contribution is 14.0. The third-order valence-electron chi connectivity index (χ3n) is 3.80. The van der Waals surface area contributed by atoms with E-state index in [0.29, 0.717) is 30.4 Å². The van der Waals surface area contributed by atoms with Crippen molar-refractivity contribution in [3.8, 4) is 5.75 Å². The summed E-state index contributed by atoms with van der Waals surface area (Å²) >= 11 is 0. The van der Waals surface area contributed by atoms with Crippen molar-refractivity contribution in [3.05, 3.63) is 65.2 Å². The van der Waals surface area contributed by atoms with Gasteiger partial charge in [0.25, 0.3) is 0 Å². The smallest absolute Gasteiger partial charge is 0.191 e. The fourth-order valence-electron chi connectivity index (χ4n) is 2.44. The monoisotopic (exact) mass is 505 g/mol. The largest absolute Gasteiger partial charge is 0.489 e. The quantitative estimate of drug-likeness (QED) is 0.325. The summed E-state index contributed by atoms with van der Waals surface area (Å²) in [5.41, 5.74) is 1.43. The molecule has 0 heterocycles. The molecule has 1 atom stereocenters. The summed E-state index contributed by atoms with van der Waals surface area (Å²) in [6.45, 7) is 3.13. The first-order valence-electron chi connectivity index (χ1n) is 8.64. The van der Waals surface area contributed by atoms with Crippen LogP contribution >= 0.6 is 24.0 Å². The minimum Gasteiger partial charge on any atom is -0.489 e. The lowest BCUT2D eigenvalue weighted by atomic mass is 10.1. The molecule has 0 amide bonds. The normalized spacial score (nSPS) is 12.1. The summed E-state index contributed by atoms with van der Waals surface area (Å²) in [7, 11) is 3.20. The zero-order valence-electron chi connectivity index (χ0n) is 16.2. The van der Waals surface area contributed by atoms with Crippen molar-refractivity contribution in [2.75, 3.05) is 20.7 Å². The number of hydrogen-bond donors (Lipinski definition) is 2. The van der Waals surface area contributed by atoms with Gasteiger partial charge in [0.05, 0.1) is 13.2 Å². The van der Waals surface area contributed by atoms with Crippen LogP contribution in [-0.4, -0.2) is 32.8 Å². The van der Waals surface area contributed by atoms with E-state index >= 15 is 0 Å². The number of aliphatic imine (C=N–C) groups is 1. The predicted molar refractivity (Wildman–Crippen MR) is 117 cm³/mol. The predicted octanol–water partition coefficient (Wildman–Crippen LogP) is 3.86. The van der Waals surface area contributed by atoms with Crippen LogP contribution < -0.4 is 15.4 Å². The Hall–Kier alpha value is -1.94. The van der Waals surface area contributed by atoms with Crippen molar-refractivity contribution in [2.45, 2.75) is 26.2 Å². The van der Waals surface area contributed by atoms with Gasteiger partial charge >= 0.3 is 0 Å². The van der Waals surface area contributed by atoms with Crippen molar-refractivity contribution in [1.29, 1.82) is 0 Å². The number of benzene rings is 2. The van der Waals surface area contributed by atoms with Gasteiger partial charge < -0.3 is 20.1 Å². The molecule has 0 spiro atoms. The maximum Gasteiger partial charge on any atom is 0.191 e. The highest BCUT2D eigenvalue weighted by atomic mass is 127. The molecular weight excluding hydrogens is 479 g/mol. The molecule has 5 nitrogen and oxygen atoms in total. The van der Waals surface area contributed by atoms with Crippen molar-refractivity contribution in [3.63, 3.8) is 0 Å². The maximum atomic E-state index is 13.7. The number of guanidine groups is 1. The maximum absolute atomic E-state index is 13.7. The Kier molecular flexibility index (Phi) is 10.8. The molecule has 0 saturated carbocycles. The molecule has 0 aliphatic heterocycles. The summed E-state index contributed by atoms with van der Waals surface area (Å²) in [5, 5.41) is 6.33. The number of methoxy groups -OCH3 is 1. The van der Waals surface area contributed by atoms with Gasteiger partial charge in [-0.3, -0.25) is 4.99 Å². The number of halogens is 3. The number of rotatable bonds is 8. The van der Waals surface area contributed by atoms with E-state index < -0.39 is 0 Å². The van der Waals surface area contributed by atoms with Crippen LogP contribution in [0, 0.1) is 11.6 Å². The Balaban J connectivity index is 0.00000392. The van der Waals surface area contributed by atoms with E-state index in [1.807, 2.05) is 6.92 Å². The molecule has 2 aromatic carbocycles. The molecule has 8 heteroatoms. The lowest BCUT2D eigenvalue weighted by Gasteiger charge is -2.18. The third kappa shape index (κ3) is 7.97. The first kappa shape index (κ1) is 24.1. The second kappa shape index (κ2) is 12.5. The van der Waals surface area contributed by atoms with Gasteiger partial charge in [-0.1, -0.05) is 6.07 Å². The van der Waals surface area contributed by atoms with E-state index in [1.54, 1.807) is 31.3 Å². The van der Waals surface area contributed by atoms with Gasteiger partial charge in [0.15, 0.2) is 5.96 Å². The molecule has 2 rings (SSSR count). The van der Waals surface area contributed by atoms with E-state index in [-0.39, 0.29) is 48.3 Å². The van der Waals surface area contributed by atoms with Crippen molar-refractivity contribution in [2.24, 2.45) is 4.99 Å². The van der Waals surface area contributed by atoms with E-state index in [9.17, 15) is 8.78 Å². The molecule has 0 aliphatic rings. The van der Waals surface area contributed by atoms with Gasteiger partial charge in [0, 0.05) is 26.3 Å². The van der Waals surface area contributed by atoms with E-state index in [2.05, 4.69) is 15.6 Å². The topological polar surface area (TPSA) is 54.9 Å². The molecule has 0 aromatic heterocycles. The summed E-state index contributed by atoms with van der Waals surface area (Å²) < 4.78 is 37.3. The van der Waals surface area contributed by atoms with Gasteiger partial charge in [-0.25, -0.2) is 8.78 Å². The summed E-state index contributed by atoms with van der Waals surface area (Å²) in [5.74, 6) is 0.620. The van der Waals surface area contributed by atoms with Gasteiger partial charge in [-0.15, -0.1) is 24.0 Å². The van der Waals surface area contributed by atoms with Crippen LogP contribution in [0.2, 0.25) is 0 Å². The molecule has 0 aliphatic carbocycles. The van der Waals surface area contributed by atoms with Crippen LogP contribution in [0.25, 0.3) is 0 Å². The van der Waals surface area contributed by atoms with Crippen molar-refractivity contribution < 1.29 is 18.3 Å². The van der Waals surface area contributed by atoms with Crippen LogP contribution in [0.5, 0.6) is 5.75 Å². The molecule has 0 fully saturated rings. The Morgan fingerprint density at radius 3 is 2.46 bits per heavy atom. The number of nitrogens with zero attached hydrogens (tertiary/aromatic N) is 1. The Morgan fingerprint density at radius 2 is 1.82 bits per heavy atom. The van der Waals surface area contributed by atoms with Crippen LogP contribution in [-0.2, 0) is 17.9 Å². The summed E-state index contributed by atoms with van der Waals surface area (Å²) in [4.78, 5) is 4.16. The minimum atomic E-state index is -0.299. The second-order valence-electron chi connectivity index (χ2n) is 6.05. The molecule has 0 bridgehead atoms. The summed E-state index contributed by atoms with van der Waals surface area (Å²) in [6, 6.07) is 10.8. The van der Waals surface area contributed by atoms with Crippen LogP contribution in [0.15, 0.2) is 47.5 Å². The third-order valence-corrected chi connectivity index (χ3v) is 3.80. The fourth-order valence-corrected chi connectivity index (χ4v) is 2.44. The second-order valence-corrected chi connectivity index (χ2v) is 6.05. The number of nitrogens with one attached hydrogen (secondary N) is 2. The first-order chi connectivity index (χ1) is 13.0. The molecule has 2 N–H and O–H groups in total. The molecule has 28 heavy (non-hydrogen) atoms. The molecule has 1 unspecified atom stereocenters. The lowest BCUT2D eigenvalue weighted by Crippen LogP contribution is -2.41. The Morgan fingerprint density at radius 1 is 1.11 bits per heavy atom. The van der Waals surface area contributed by atoms with E-state index in [0.717, 1.165) is 5.56 Å². The van der Waals surface area contributed by atoms with Crippen molar-refractivity contribution >= 4 is 29.9 Å². The molecular formula is C20H26F2IN3O2. The Labute approximate surface area is 181 Å². The van der Waals surface area contributed by atoms with Gasteiger partial charge in [0.1, 0.15) is 23.5 Å². The minimum absolute atomic E-state index is 0. The van der Waals surface area contributed by atoms with Crippen LogP contribution in [0.1, 0.15) is 18.1 Å². The standard InChI is InChI=1S/C20H25F2N3O2.HI/c1-14(27-18-7-5-17(21)6-8-18)11-24-20(23-2)25-12-15-4-9-19(22)16(10-15)13-26-3;/h4-10,14H,11-13H2,1-3H3,(H2,23,24,25);1H. The molecule has 0 saturated heterocycles. The van der Waals surface area contributed by atoms with Crippen LogP contribution in [0.3, 0.4) is 0 Å². The number of ether oxygens (including phenoxy) is 2. The first-order valence-corrected chi connectivity index (χ1v) is 8.64. The van der Waals surface area contributed by atoms with Crippen molar-refractivity contribution in [1.82, 2.24) is 10.6 Å². The average Bonchev–Trinajstić information content (AvgIpc) is 2.66. The van der Waals surface area contributed by atoms with Gasteiger partial charge in [-0.05, 0) is 48.9 Å².